The van der Waals surface area contributed by atoms with Crippen molar-refractivity contribution in [1.82, 2.24) is 10.2 Å². The summed E-state index contributed by atoms with van der Waals surface area (Å²) >= 11 is 0. The van der Waals surface area contributed by atoms with Gasteiger partial charge >= 0.3 is 0 Å². The van der Waals surface area contributed by atoms with Gasteiger partial charge in [0.15, 0.2) is 0 Å². The van der Waals surface area contributed by atoms with Crippen molar-refractivity contribution >= 4 is 16.7 Å². The van der Waals surface area contributed by atoms with Crippen molar-refractivity contribution in [3.63, 3.8) is 0 Å². The summed E-state index contributed by atoms with van der Waals surface area (Å²) in [7, 11) is 0. The molecule has 1 unspecified atom stereocenters. The van der Waals surface area contributed by atoms with Gasteiger partial charge in [0.1, 0.15) is 31.1 Å². The maximum Gasteiger partial charge on any atom is 0.138 e. The van der Waals surface area contributed by atoms with E-state index in [9.17, 15) is 0 Å². The van der Waals surface area contributed by atoms with Gasteiger partial charge in [0.25, 0.3) is 0 Å². The predicted molar refractivity (Wildman–Crippen MR) is 100 cm³/mol. The van der Waals surface area contributed by atoms with Gasteiger partial charge in [-0.05, 0) is 43.7 Å². The molecular weight excluding hydrogens is 330 g/mol. The molecule has 2 heterocycles. The van der Waals surface area contributed by atoms with Gasteiger partial charge in [-0.2, -0.15) is 0 Å². The van der Waals surface area contributed by atoms with E-state index in [-0.39, 0.29) is 6.29 Å². The normalized spacial score (nSPS) is 18.8. The predicted octanol–water partition coefficient (Wildman–Crippen LogP) is 3.71. The topological polar surface area (TPSA) is 58.9 Å². The van der Waals surface area contributed by atoms with Crippen molar-refractivity contribution in [2.24, 2.45) is 0 Å². The Morgan fingerprint density at radius 3 is 2.77 bits per heavy atom. The summed E-state index contributed by atoms with van der Waals surface area (Å²) in [5, 5.41) is 7.91. The molecule has 4 rings (SSSR count). The maximum absolute atomic E-state index is 5.65. The third-order valence-corrected chi connectivity index (χ3v) is 4.45. The zero-order chi connectivity index (χ0) is 17.9. The van der Waals surface area contributed by atoms with Crippen molar-refractivity contribution in [1.29, 1.82) is 0 Å². The summed E-state index contributed by atoms with van der Waals surface area (Å²) in [5.41, 5.74) is 4.37. The highest BCUT2D eigenvalue weighted by atomic mass is 17.2. The molecule has 6 heteroatoms. The number of aryl methyl sites for hydroxylation is 2. The van der Waals surface area contributed by atoms with E-state index >= 15 is 0 Å². The van der Waals surface area contributed by atoms with Crippen LogP contribution < -0.4 is 10.6 Å². The van der Waals surface area contributed by atoms with E-state index < -0.39 is 0 Å². The van der Waals surface area contributed by atoms with Gasteiger partial charge in [-0.1, -0.05) is 29.8 Å². The fourth-order valence-electron chi connectivity index (χ4n) is 3.09. The smallest absolute Gasteiger partial charge is 0.138 e. The van der Waals surface area contributed by atoms with Crippen LogP contribution in [0.15, 0.2) is 52.9 Å². The van der Waals surface area contributed by atoms with E-state index in [0.29, 0.717) is 13.5 Å². The van der Waals surface area contributed by atoms with Gasteiger partial charge in [-0.15, -0.1) is 0 Å². The lowest BCUT2D eigenvalue weighted by Gasteiger charge is -2.30. The number of rotatable bonds is 4. The molecule has 1 atom stereocenters. The van der Waals surface area contributed by atoms with Crippen LogP contribution in [0.4, 0.5) is 5.69 Å². The molecule has 0 radical (unpaired) electrons. The molecule has 1 aliphatic heterocycles. The van der Waals surface area contributed by atoms with Crippen LogP contribution in [-0.4, -0.2) is 24.7 Å². The number of hydrogen-bond acceptors (Lipinski definition) is 6. The van der Waals surface area contributed by atoms with Crippen LogP contribution in [0.2, 0.25) is 0 Å². The Hall–Kier alpha value is -2.38. The molecule has 1 aliphatic rings. The van der Waals surface area contributed by atoms with Crippen molar-refractivity contribution in [2.75, 3.05) is 18.8 Å². The molecule has 136 valence electrons. The Morgan fingerprint density at radius 2 is 1.92 bits per heavy atom. The Morgan fingerprint density at radius 1 is 1.08 bits per heavy atom. The third-order valence-electron chi connectivity index (χ3n) is 4.45. The first-order valence-electron chi connectivity index (χ1n) is 8.71. The first-order valence-corrected chi connectivity index (χ1v) is 8.71. The molecule has 0 aliphatic carbocycles. The van der Waals surface area contributed by atoms with E-state index in [1.807, 2.05) is 25.1 Å². The highest BCUT2D eigenvalue weighted by Crippen LogP contribution is 2.23. The van der Waals surface area contributed by atoms with Crippen LogP contribution in [0.25, 0.3) is 11.0 Å². The minimum Gasteiger partial charge on any atom is -0.461 e. The van der Waals surface area contributed by atoms with Crippen LogP contribution >= 0.6 is 0 Å². The van der Waals surface area contributed by atoms with Crippen LogP contribution in [0.1, 0.15) is 16.9 Å². The molecule has 1 fully saturated rings. The Bertz CT molecular complexity index is 876. The molecule has 0 bridgehead atoms. The van der Waals surface area contributed by atoms with Gasteiger partial charge in [0.05, 0.1) is 0 Å². The number of benzene rings is 2. The summed E-state index contributed by atoms with van der Waals surface area (Å²) in [6.07, 6.45) is -0.121. The minimum absolute atomic E-state index is 0.121. The Labute approximate surface area is 152 Å². The lowest BCUT2D eigenvalue weighted by Crippen LogP contribution is -2.49. The summed E-state index contributed by atoms with van der Waals surface area (Å²) < 4.78 is 5.65. The molecular formula is C20H23N3O3. The zero-order valence-electron chi connectivity index (χ0n) is 15.0. The highest BCUT2D eigenvalue weighted by Gasteiger charge is 2.22. The molecule has 0 amide bonds. The van der Waals surface area contributed by atoms with Gasteiger partial charge in [0, 0.05) is 17.6 Å². The first-order chi connectivity index (χ1) is 12.7. The second-order valence-corrected chi connectivity index (χ2v) is 6.60. The van der Waals surface area contributed by atoms with Gasteiger partial charge in [0.2, 0.25) is 0 Å². The van der Waals surface area contributed by atoms with Crippen molar-refractivity contribution in [3.8, 4) is 0 Å². The molecule has 2 aromatic carbocycles. The summed E-state index contributed by atoms with van der Waals surface area (Å²) in [6, 6.07) is 16.6. The lowest BCUT2D eigenvalue weighted by atomic mass is 10.1. The van der Waals surface area contributed by atoms with Crippen LogP contribution in [0, 0.1) is 13.8 Å². The monoisotopic (exact) mass is 353 g/mol. The lowest BCUT2D eigenvalue weighted by molar-refractivity contribution is -0.306. The van der Waals surface area contributed by atoms with E-state index in [0.717, 1.165) is 29.0 Å². The van der Waals surface area contributed by atoms with E-state index in [2.05, 4.69) is 52.8 Å². The standard InChI is InChI=1S/C20H23N3O3/c1-14-3-5-16(6-4-14)11-23-13-25-24-12-21-20(23)22-18-7-8-19-17(10-18)9-15(2)26-19/h3-10,20-22H,11-13H2,1-2H3. The molecule has 1 aromatic heterocycles. The number of hydrogen-bond donors (Lipinski definition) is 2. The molecule has 1 saturated heterocycles. The number of anilines is 1. The molecule has 0 spiro atoms. The second kappa shape index (κ2) is 7.47. The maximum atomic E-state index is 5.65. The molecule has 3 aromatic rings. The average Bonchev–Trinajstić information content (AvgIpc) is 2.86. The third kappa shape index (κ3) is 3.89. The van der Waals surface area contributed by atoms with Crippen molar-refractivity contribution in [2.45, 2.75) is 26.7 Å². The van der Waals surface area contributed by atoms with Crippen LogP contribution in [0.3, 0.4) is 0 Å². The summed E-state index contributed by atoms with van der Waals surface area (Å²) in [4.78, 5) is 12.5. The van der Waals surface area contributed by atoms with Crippen molar-refractivity contribution in [3.05, 3.63) is 65.4 Å². The second-order valence-electron chi connectivity index (χ2n) is 6.60. The van der Waals surface area contributed by atoms with Crippen LogP contribution in [0.5, 0.6) is 0 Å². The summed E-state index contributed by atoms with van der Waals surface area (Å²) in [5.74, 6) is 0.910. The number of fused-ring (bicyclic) bond motifs is 1. The average molecular weight is 353 g/mol. The Balaban J connectivity index is 1.53. The van der Waals surface area contributed by atoms with E-state index in [1.54, 1.807) is 0 Å². The van der Waals surface area contributed by atoms with E-state index in [4.69, 9.17) is 14.2 Å². The molecule has 26 heavy (non-hydrogen) atoms. The van der Waals surface area contributed by atoms with E-state index in [1.165, 1.54) is 11.1 Å². The fourth-order valence-corrected chi connectivity index (χ4v) is 3.09. The van der Waals surface area contributed by atoms with Gasteiger partial charge in [-0.25, -0.2) is 14.7 Å². The Kier molecular flexibility index (Phi) is 4.90. The molecule has 6 nitrogen and oxygen atoms in total. The largest absolute Gasteiger partial charge is 0.461 e. The highest BCUT2D eigenvalue weighted by molar-refractivity contribution is 5.81. The SMILES string of the molecule is Cc1ccc(CN2COOCNC2Nc2ccc3oc(C)cc3c2)cc1. The zero-order valence-corrected chi connectivity index (χ0v) is 15.0. The number of nitrogens with zero attached hydrogens (tertiary/aromatic N) is 1. The van der Waals surface area contributed by atoms with Gasteiger partial charge in [-0.3, -0.25) is 5.32 Å². The van der Waals surface area contributed by atoms with Crippen LogP contribution in [-0.2, 0) is 16.3 Å². The van der Waals surface area contributed by atoms with Crippen molar-refractivity contribution < 1.29 is 14.2 Å². The fraction of sp³-hybridized carbons (Fsp3) is 0.300. The summed E-state index contributed by atoms with van der Waals surface area (Å²) in [6.45, 7) is 5.46. The number of furan rings is 1. The molecule has 0 saturated carbocycles. The minimum atomic E-state index is -0.121. The quantitative estimate of drug-likeness (QED) is 0.697. The van der Waals surface area contributed by atoms with Gasteiger partial charge < -0.3 is 9.73 Å². The first kappa shape index (κ1) is 17.1. The molecule has 2 N–H and O–H groups in total. The number of nitrogens with one attached hydrogen (secondary N) is 2.